The van der Waals surface area contributed by atoms with E-state index in [0.717, 1.165) is 0 Å². The highest BCUT2D eigenvalue weighted by Crippen LogP contribution is 1.77. The third-order valence-electron chi connectivity index (χ3n) is 0.325. The summed E-state index contributed by atoms with van der Waals surface area (Å²) in [6.07, 6.45) is 0.398. The highest BCUT2D eigenvalue weighted by Gasteiger charge is 1.80. The van der Waals surface area contributed by atoms with Gasteiger partial charge in [-0.25, -0.2) is 0 Å². The fourth-order valence-electron chi connectivity index (χ4n) is 0. The Bertz CT molecular complexity index is 33.9. The first-order valence-corrected chi connectivity index (χ1v) is 1.54. The normalized spacial score (nSPS) is 13.8. The van der Waals surface area contributed by atoms with E-state index in [0.29, 0.717) is 0 Å². The molecule has 0 rings (SSSR count). The molecule has 0 saturated carbocycles. The third kappa shape index (κ3) is 3.73. The van der Waals surface area contributed by atoms with Crippen LogP contribution in [0.25, 0.3) is 0 Å². The van der Waals surface area contributed by atoms with Crippen molar-refractivity contribution in [1.82, 2.24) is 0 Å². The largest absolute Gasteiger partial charge is 0.253 e. The summed E-state index contributed by atoms with van der Waals surface area (Å²) in [6.45, 7) is 3.19. The Balaban J connectivity index is 2.83. The van der Waals surface area contributed by atoms with Crippen LogP contribution in [0.4, 0.5) is 4.39 Å². The summed E-state index contributed by atoms with van der Waals surface area (Å²) in [5.74, 6) is 0. The van der Waals surface area contributed by atoms with E-state index in [1.54, 1.807) is 0 Å². The summed E-state index contributed by atoms with van der Waals surface area (Å²) in [5, 5.41) is 0. The zero-order valence-corrected chi connectivity index (χ0v) is 3.24. The van der Waals surface area contributed by atoms with Crippen LogP contribution in [0.1, 0.15) is 0 Å². The molecule has 1 unspecified atom stereocenters. The van der Waals surface area contributed by atoms with Crippen molar-refractivity contribution in [2.45, 2.75) is 6.07 Å². The molecule has 0 aliphatic rings. The van der Waals surface area contributed by atoms with Crippen molar-refractivity contribution < 1.29 is 4.39 Å². The van der Waals surface area contributed by atoms with Gasteiger partial charge in [0.2, 0.25) is 0 Å². The van der Waals surface area contributed by atoms with E-state index in [1.165, 1.54) is 13.9 Å². The number of rotatable bonds is 1. The highest BCUT2D eigenvalue weighted by molar-refractivity contribution is 6.12. The van der Waals surface area contributed by atoms with E-state index < -0.39 is 6.07 Å². The van der Waals surface area contributed by atoms with Crippen molar-refractivity contribution >= 4 is 7.85 Å². The van der Waals surface area contributed by atoms with Gasteiger partial charge in [0.05, 0.1) is 6.07 Å². The van der Waals surface area contributed by atoms with Gasteiger partial charge in [0.25, 0.3) is 0 Å². The number of alkyl halides is 1. The van der Waals surface area contributed by atoms with Gasteiger partial charge < -0.3 is 0 Å². The van der Waals surface area contributed by atoms with Gasteiger partial charge in [0.1, 0.15) is 0 Å². The minimum atomic E-state index is -0.852. The molecule has 0 aromatic rings. The van der Waals surface area contributed by atoms with E-state index in [9.17, 15) is 4.39 Å². The highest BCUT2D eigenvalue weighted by atomic mass is 19.1. The molecule has 5 heavy (non-hydrogen) atoms. The summed E-state index contributed by atoms with van der Waals surface area (Å²) >= 11 is 0. The molecule has 0 fully saturated rings. The summed E-state index contributed by atoms with van der Waals surface area (Å²) in [7, 11) is 1.44. The molecule has 0 aliphatic heterocycles. The van der Waals surface area contributed by atoms with Gasteiger partial charge in [-0.2, -0.15) is 0 Å². The molecule has 28 valence electrons. The minimum Gasteiger partial charge on any atom is -0.253 e. The van der Waals surface area contributed by atoms with Crippen LogP contribution in [0.2, 0.25) is 0 Å². The molecule has 2 heteroatoms. The van der Waals surface area contributed by atoms with Crippen LogP contribution >= 0.6 is 0 Å². The first kappa shape index (κ1) is 4.73. The first-order valence-electron chi connectivity index (χ1n) is 1.54. The molecule has 1 atom stereocenters. The molecule has 0 aromatic carbocycles. The van der Waals surface area contributed by atoms with Crippen LogP contribution in [-0.2, 0) is 0 Å². The monoisotopic (exact) mass is 72.1 g/mol. The van der Waals surface area contributed by atoms with Crippen LogP contribution in [-0.4, -0.2) is 13.9 Å². The van der Waals surface area contributed by atoms with Gasteiger partial charge >= 0.3 is 0 Å². The molecule has 0 bridgehead atoms. The lowest BCUT2D eigenvalue weighted by molar-refractivity contribution is 0.512. The standard InChI is InChI=1S/C3H6BF/c1-2-3(4)5/h2-3H,1,4H2. The molecule has 0 radical (unpaired) electrons. The maximum absolute atomic E-state index is 11.3. The van der Waals surface area contributed by atoms with Crippen LogP contribution in [0.15, 0.2) is 12.7 Å². The van der Waals surface area contributed by atoms with Crippen LogP contribution in [0.3, 0.4) is 0 Å². The molecule has 0 N–H and O–H groups in total. The predicted molar refractivity (Wildman–Crippen MR) is 23.6 cm³/mol. The van der Waals surface area contributed by atoms with Crippen molar-refractivity contribution in [3.8, 4) is 0 Å². The summed E-state index contributed by atoms with van der Waals surface area (Å²) in [5.41, 5.74) is 0. The summed E-state index contributed by atoms with van der Waals surface area (Å²) in [4.78, 5) is 0. The lowest BCUT2D eigenvalue weighted by Gasteiger charge is -1.79. The average molecular weight is 71.9 g/mol. The van der Waals surface area contributed by atoms with Crippen LogP contribution in [0.5, 0.6) is 0 Å². The molecule has 0 nitrogen and oxygen atoms in total. The number of allylic oxidation sites excluding steroid dienone is 1. The van der Waals surface area contributed by atoms with Crippen LogP contribution in [0, 0.1) is 0 Å². The predicted octanol–water partition coefficient (Wildman–Crippen LogP) is 0.101. The lowest BCUT2D eigenvalue weighted by Crippen LogP contribution is -1.87. The molecule has 0 saturated heterocycles. The van der Waals surface area contributed by atoms with Gasteiger partial charge in [-0.15, -0.1) is 6.58 Å². The van der Waals surface area contributed by atoms with E-state index in [1.807, 2.05) is 0 Å². The summed E-state index contributed by atoms with van der Waals surface area (Å²) < 4.78 is 11.3. The SMILES string of the molecule is BC(F)C=C. The second kappa shape index (κ2) is 2.00. The van der Waals surface area contributed by atoms with E-state index in [-0.39, 0.29) is 0 Å². The number of hydrogen-bond donors (Lipinski definition) is 0. The van der Waals surface area contributed by atoms with Gasteiger partial charge in [-0.1, -0.05) is 6.08 Å². The second-order valence-corrected chi connectivity index (χ2v) is 0.913. The molecule has 0 aromatic heterocycles. The maximum atomic E-state index is 11.3. The smallest absolute Gasteiger partial charge is 0.151 e. The Labute approximate surface area is 32.1 Å². The molecular formula is C3H6BF. The van der Waals surface area contributed by atoms with Crippen LogP contribution < -0.4 is 0 Å². The molecule has 0 heterocycles. The molecule has 0 amide bonds. The van der Waals surface area contributed by atoms with Gasteiger partial charge in [-0.05, 0) is 0 Å². The van der Waals surface area contributed by atoms with E-state index >= 15 is 0 Å². The van der Waals surface area contributed by atoms with Gasteiger partial charge in [0, 0.05) is 0 Å². The number of halogens is 1. The van der Waals surface area contributed by atoms with Gasteiger partial charge in [0.15, 0.2) is 7.85 Å². The fraction of sp³-hybridized carbons (Fsp3) is 0.333. The maximum Gasteiger partial charge on any atom is 0.151 e. The van der Waals surface area contributed by atoms with Crippen molar-refractivity contribution in [2.24, 2.45) is 0 Å². The quantitative estimate of drug-likeness (QED) is 0.304. The average Bonchev–Trinajstić information content (AvgIpc) is 1.38. The zero-order valence-electron chi connectivity index (χ0n) is 3.24. The van der Waals surface area contributed by atoms with Crippen molar-refractivity contribution in [1.29, 1.82) is 0 Å². The van der Waals surface area contributed by atoms with E-state index in [2.05, 4.69) is 6.58 Å². The molecule has 0 spiro atoms. The first-order chi connectivity index (χ1) is 2.27. The van der Waals surface area contributed by atoms with Gasteiger partial charge in [-0.3, -0.25) is 4.39 Å². The van der Waals surface area contributed by atoms with E-state index in [4.69, 9.17) is 0 Å². The molecule has 0 aliphatic carbocycles. The third-order valence-corrected chi connectivity index (χ3v) is 0.325. The Kier molecular flexibility index (Phi) is 1.90. The van der Waals surface area contributed by atoms with Crippen molar-refractivity contribution in [3.05, 3.63) is 12.7 Å². The Morgan fingerprint density at radius 3 is 2.20 bits per heavy atom. The fourth-order valence-corrected chi connectivity index (χ4v) is 0. The van der Waals surface area contributed by atoms with Crippen molar-refractivity contribution in [3.63, 3.8) is 0 Å². The lowest BCUT2D eigenvalue weighted by atomic mass is 10.0. The Morgan fingerprint density at radius 1 is 2.00 bits per heavy atom. The number of hydrogen-bond acceptors (Lipinski definition) is 0. The Morgan fingerprint density at radius 2 is 2.20 bits per heavy atom. The summed E-state index contributed by atoms with van der Waals surface area (Å²) in [6, 6.07) is 0. The Hall–Kier alpha value is -0.265. The topological polar surface area (TPSA) is 0 Å². The van der Waals surface area contributed by atoms with Crippen molar-refractivity contribution in [2.75, 3.05) is 0 Å². The molecular weight excluding hydrogens is 65.8 g/mol. The zero-order chi connectivity index (χ0) is 4.28. The second-order valence-electron chi connectivity index (χ2n) is 0.913. The minimum absolute atomic E-state index is 0.852.